The van der Waals surface area contributed by atoms with E-state index in [0.29, 0.717) is 17.1 Å². The minimum absolute atomic E-state index is 0.196. The Morgan fingerprint density at radius 1 is 1.21 bits per heavy atom. The second kappa shape index (κ2) is 12.3. The summed E-state index contributed by atoms with van der Waals surface area (Å²) in [5.74, 6) is 0.503. The molecule has 5 rings (SSSR count). The zero-order valence-electron chi connectivity index (χ0n) is 23.8. The van der Waals surface area contributed by atoms with E-state index in [9.17, 15) is 19.6 Å². The van der Waals surface area contributed by atoms with Crippen LogP contribution in [0.5, 0.6) is 5.75 Å². The molecule has 2 fully saturated rings. The number of ether oxygens (including phenoxy) is 2. The maximum Gasteiger partial charge on any atom is 0.459 e. The Morgan fingerprint density at radius 2 is 1.93 bits per heavy atom. The highest BCUT2D eigenvalue weighted by molar-refractivity contribution is 7.52. The van der Waals surface area contributed by atoms with Crippen LogP contribution >= 0.6 is 7.75 Å². The second-order valence-corrected chi connectivity index (χ2v) is 13.0. The Kier molecular flexibility index (Phi) is 8.89. The van der Waals surface area contributed by atoms with Crippen LogP contribution in [0.4, 0.5) is 5.82 Å². The van der Waals surface area contributed by atoms with E-state index in [0.717, 1.165) is 25.7 Å². The minimum Gasteiger partial charge on any atom is -0.461 e. The number of benzene rings is 1. The Morgan fingerprint density at radius 3 is 2.64 bits per heavy atom. The number of rotatable bonds is 10. The van der Waals surface area contributed by atoms with Crippen molar-refractivity contribution in [3.63, 3.8) is 0 Å². The van der Waals surface area contributed by atoms with Gasteiger partial charge in [-0.1, -0.05) is 25.1 Å². The predicted molar refractivity (Wildman–Crippen MR) is 152 cm³/mol. The van der Waals surface area contributed by atoms with Gasteiger partial charge in [0.05, 0.1) is 12.3 Å². The average molecular weight is 604 g/mol. The molecule has 228 valence electrons. The summed E-state index contributed by atoms with van der Waals surface area (Å²) in [6.07, 6.45) is 0.767. The lowest BCUT2D eigenvalue weighted by atomic mass is 9.89. The number of anilines is 1. The van der Waals surface area contributed by atoms with Crippen molar-refractivity contribution in [1.29, 1.82) is 0 Å². The van der Waals surface area contributed by atoms with Crippen molar-refractivity contribution in [2.75, 3.05) is 12.3 Å². The summed E-state index contributed by atoms with van der Waals surface area (Å²) in [6.45, 7) is 4.76. The fraction of sp³-hybridized carbons (Fsp3) is 0.536. The first-order valence-electron chi connectivity index (χ1n) is 14.1. The summed E-state index contributed by atoms with van der Waals surface area (Å²) in [6, 6.07) is 10.7. The lowest BCUT2D eigenvalue weighted by Gasteiger charge is -2.31. The highest BCUT2D eigenvalue weighted by Crippen LogP contribution is 2.48. The molecule has 0 spiro atoms. The monoisotopic (exact) mass is 603 g/mol. The fourth-order valence-corrected chi connectivity index (χ4v) is 6.91. The van der Waals surface area contributed by atoms with Gasteiger partial charge in [-0.25, -0.2) is 14.1 Å². The predicted octanol–water partition coefficient (Wildman–Crippen LogP) is 3.17. The van der Waals surface area contributed by atoms with Crippen LogP contribution in [-0.2, 0) is 23.4 Å². The number of esters is 1. The van der Waals surface area contributed by atoms with Gasteiger partial charge in [-0.2, -0.15) is 10.2 Å². The van der Waals surface area contributed by atoms with Crippen LogP contribution in [-0.4, -0.2) is 67.3 Å². The lowest BCUT2D eigenvalue weighted by Crippen LogP contribution is -2.45. The van der Waals surface area contributed by atoms with Gasteiger partial charge in [0, 0.05) is 0 Å². The summed E-state index contributed by atoms with van der Waals surface area (Å²) >= 11 is 0. The topological polar surface area (TPSA) is 180 Å². The molecule has 2 aliphatic rings. The van der Waals surface area contributed by atoms with Crippen LogP contribution in [0.25, 0.3) is 5.52 Å². The van der Waals surface area contributed by atoms with Gasteiger partial charge in [0.2, 0.25) is 0 Å². The highest BCUT2D eigenvalue weighted by atomic mass is 31.2. The molecule has 0 bridgehead atoms. The molecular formula is C28H38N5O8P. The van der Waals surface area contributed by atoms with E-state index < -0.39 is 50.3 Å². The Hall–Kier alpha value is -3.06. The van der Waals surface area contributed by atoms with E-state index in [-0.39, 0.29) is 17.7 Å². The van der Waals surface area contributed by atoms with Crippen molar-refractivity contribution in [1.82, 2.24) is 19.7 Å². The number of carbonyl (C=O) groups excluding carboxylic acids is 1. The quantitative estimate of drug-likeness (QED) is 0.197. The van der Waals surface area contributed by atoms with Gasteiger partial charge in [-0.3, -0.25) is 9.32 Å². The van der Waals surface area contributed by atoms with Crippen molar-refractivity contribution in [2.24, 2.45) is 5.92 Å². The molecule has 14 heteroatoms. The zero-order valence-corrected chi connectivity index (χ0v) is 24.7. The second-order valence-electron chi connectivity index (χ2n) is 11.3. The average Bonchev–Trinajstić information content (AvgIpc) is 3.49. The summed E-state index contributed by atoms with van der Waals surface area (Å²) in [7, 11) is -4.25. The number of nitrogens with two attached hydrogens (primary N) is 1. The first kappa shape index (κ1) is 30.4. The van der Waals surface area contributed by atoms with Crippen LogP contribution in [0.15, 0.2) is 48.8 Å². The van der Waals surface area contributed by atoms with Gasteiger partial charge < -0.3 is 29.9 Å². The number of para-hydroxylation sites is 1. The smallest absolute Gasteiger partial charge is 0.459 e. The molecule has 1 saturated heterocycles. The van der Waals surface area contributed by atoms with Crippen molar-refractivity contribution < 1.29 is 38.1 Å². The number of hydrogen-bond acceptors (Lipinski definition) is 11. The Balaban J connectivity index is 1.31. The normalized spacial score (nSPS) is 30.1. The number of aliphatic hydroxyl groups excluding tert-OH is 2. The SMILES string of the molecule is CC1CCC(OC(=O)[C@@H](C)NP(=O)(OC[C@@]2(C)O[C@@H](c3ccc4c(N)ncnn34)[C@H](O)[C@@H]2O)Oc2ccccc2)CC1. The maximum absolute atomic E-state index is 14.0. The molecule has 2 aromatic heterocycles. The molecule has 0 amide bonds. The van der Waals surface area contributed by atoms with E-state index >= 15 is 0 Å². The van der Waals surface area contributed by atoms with E-state index in [4.69, 9.17) is 24.3 Å². The molecule has 1 unspecified atom stereocenters. The van der Waals surface area contributed by atoms with Gasteiger partial charge >= 0.3 is 13.7 Å². The number of nitrogens with one attached hydrogen (secondary N) is 1. The molecule has 3 aromatic rings. The van der Waals surface area contributed by atoms with Crippen molar-refractivity contribution in [2.45, 2.75) is 82.5 Å². The lowest BCUT2D eigenvalue weighted by molar-refractivity contribution is -0.152. The molecule has 0 radical (unpaired) electrons. The molecule has 6 atom stereocenters. The third-order valence-corrected chi connectivity index (χ3v) is 9.52. The molecule has 1 aliphatic heterocycles. The van der Waals surface area contributed by atoms with Crippen LogP contribution in [0.3, 0.4) is 0 Å². The molecule has 1 saturated carbocycles. The van der Waals surface area contributed by atoms with E-state index in [1.807, 2.05) is 0 Å². The van der Waals surface area contributed by atoms with Crippen molar-refractivity contribution >= 4 is 25.1 Å². The summed E-state index contributed by atoms with van der Waals surface area (Å²) in [5, 5.41) is 28.8. The van der Waals surface area contributed by atoms with Gasteiger partial charge in [0.1, 0.15) is 53.7 Å². The van der Waals surface area contributed by atoms with Crippen LogP contribution in [0, 0.1) is 5.92 Å². The number of aromatic nitrogens is 3. The van der Waals surface area contributed by atoms with Crippen molar-refractivity contribution in [3.05, 3.63) is 54.5 Å². The van der Waals surface area contributed by atoms with Crippen LogP contribution in [0.1, 0.15) is 58.3 Å². The number of carbonyl (C=O) groups is 1. The summed E-state index contributed by atoms with van der Waals surface area (Å²) in [4.78, 5) is 16.9. The third-order valence-electron chi connectivity index (χ3n) is 7.90. The fourth-order valence-electron chi connectivity index (χ4n) is 5.33. The molecule has 3 heterocycles. The third kappa shape index (κ3) is 6.46. The molecule has 42 heavy (non-hydrogen) atoms. The van der Waals surface area contributed by atoms with E-state index in [1.165, 1.54) is 24.7 Å². The number of nitrogen functional groups attached to an aromatic ring is 1. The summed E-state index contributed by atoms with van der Waals surface area (Å²) < 4.78 is 38.9. The Labute approximate surface area is 243 Å². The zero-order chi connectivity index (χ0) is 30.1. The maximum atomic E-state index is 14.0. The molecule has 5 N–H and O–H groups in total. The molecule has 1 aromatic carbocycles. The summed E-state index contributed by atoms with van der Waals surface area (Å²) in [5.41, 5.74) is 5.36. The number of fused-ring (bicyclic) bond motifs is 1. The number of hydrogen-bond donors (Lipinski definition) is 4. The van der Waals surface area contributed by atoms with Gasteiger partial charge in [-0.05, 0) is 69.7 Å². The molecular weight excluding hydrogens is 565 g/mol. The molecule has 1 aliphatic carbocycles. The molecule has 13 nitrogen and oxygen atoms in total. The first-order valence-corrected chi connectivity index (χ1v) is 15.6. The van der Waals surface area contributed by atoms with Gasteiger partial charge in [0.25, 0.3) is 0 Å². The van der Waals surface area contributed by atoms with E-state index in [1.54, 1.807) is 42.5 Å². The first-order chi connectivity index (χ1) is 20.0. The van der Waals surface area contributed by atoms with Crippen molar-refractivity contribution in [3.8, 4) is 5.75 Å². The number of aliphatic hydroxyl groups is 2. The van der Waals surface area contributed by atoms with E-state index in [2.05, 4.69) is 22.1 Å². The van der Waals surface area contributed by atoms with Crippen LogP contribution < -0.4 is 15.3 Å². The largest absolute Gasteiger partial charge is 0.461 e. The van der Waals surface area contributed by atoms with Gasteiger partial charge in [-0.15, -0.1) is 0 Å². The minimum atomic E-state index is -4.25. The van der Waals surface area contributed by atoms with Gasteiger partial charge in [0.15, 0.2) is 5.82 Å². The Bertz CT molecular complexity index is 1430. The number of nitrogens with zero attached hydrogens (tertiary/aromatic N) is 3. The van der Waals surface area contributed by atoms with Crippen LogP contribution in [0.2, 0.25) is 0 Å². The highest BCUT2D eigenvalue weighted by Gasteiger charge is 2.54. The standard InChI is InChI=1S/C28H38N5O8P/c1-17-9-11-19(12-10-17)39-27(36)18(2)32-42(37,41-20-7-5-4-6-8-20)38-15-28(3)25(35)23(34)24(40-28)21-13-14-22-26(29)30-16-31-33(21)22/h4-8,13-14,16-19,23-25,34-35H,9-12,15H2,1-3H3,(H,32,37)(H2,29,30,31)/t17?,18-,19?,23+,24+,25+,28-,42?/m1/s1.